The molecule has 0 aliphatic heterocycles. The lowest BCUT2D eigenvalue weighted by atomic mass is 9.97. The number of carbonyl (C=O) groups excluding carboxylic acids is 2. The minimum atomic E-state index is -2.04. The number of carboxylic acid groups (broad SMARTS) is 1. The highest BCUT2D eigenvalue weighted by molar-refractivity contribution is 5.98. The van der Waals surface area contributed by atoms with Crippen molar-refractivity contribution in [2.75, 3.05) is 13.1 Å². The predicted molar refractivity (Wildman–Crippen MR) is 88.8 cm³/mol. The summed E-state index contributed by atoms with van der Waals surface area (Å²) in [5.74, 6) is -2.18. The zero-order valence-electron chi connectivity index (χ0n) is 14.3. The van der Waals surface area contributed by atoms with Crippen molar-refractivity contribution in [3.63, 3.8) is 0 Å². The van der Waals surface area contributed by atoms with Crippen LogP contribution >= 0.6 is 0 Å². The van der Waals surface area contributed by atoms with E-state index in [0.29, 0.717) is 12.1 Å². The standard InChI is InChI=1S/C17H24N2O5/c1-16(2,3)9-18-13(20)11-5-7-12(8-6-11)14(21)19-10-17(4,24)15(22)23/h5-8,24H,9-10H2,1-4H3,(H,18,20)(H,19,21)(H,22,23). The van der Waals surface area contributed by atoms with Gasteiger partial charge in [0.15, 0.2) is 5.60 Å². The second-order valence-electron chi connectivity index (χ2n) is 7.08. The number of nitrogens with one attached hydrogen (secondary N) is 2. The quantitative estimate of drug-likeness (QED) is 0.619. The van der Waals surface area contributed by atoms with Crippen LogP contribution in [0.25, 0.3) is 0 Å². The topological polar surface area (TPSA) is 116 Å². The Morgan fingerprint density at radius 1 is 0.875 bits per heavy atom. The minimum absolute atomic E-state index is 0.0312. The fourth-order valence-corrected chi connectivity index (χ4v) is 1.65. The van der Waals surface area contributed by atoms with E-state index >= 15 is 0 Å². The van der Waals surface area contributed by atoms with Gasteiger partial charge in [0.25, 0.3) is 11.8 Å². The molecule has 0 aliphatic rings. The van der Waals surface area contributed by atoms with Crippen molar-refractivity contribution in [2.24, 2.45) is 5.41 Å². The third kappa shape index (κ3) is 6.00. The van der Waals surface area contributed by atoms with Gasteiger partial charge < -0.3 is 20.8 Å². The van der Waals surface area contributed by atoms with Gasteiger partial charge in [-0.25, -0.2) is 4.79 Å². The van der Waals surface area contributed by atoms with Crippen LogP contribution in [0.4, 0.5) is 0 Å². The minimum Gasteiger partial charge on any atom is -0.479 e. The highest BCUT2D eigenvalue weighted by Crippen LogP contribution is 2.11. The summed E-state index contributed by atoms with van der Waals surface area (Å²) in [5.41, 5.74) is -1.38. The number of amides is 2. The molecule has 0 saturated heterocycles. The van der Waals surface area contributed by atoms with E-state index in [2.05, 4.69) is 10.6 Å². The van der Waals surface area contributed by atoms with E-state index in [1.54, 1.807) is 0 Å². The van der Waals surface area contributed by atoms with Gasteiger partial charge in [-0.3, -0.25) is 9.59 Å². The third-order valence-electron chi connectivity index (χ3n) is 3.24. The molecular formula is C17H24N2O5. The number of carboxylic acids is 1. The Balaban J connectivity index is 2.65. The highest BCUT2D eigenvalue weighted by atomic mass is 16.4. The zero-order valence-corrected chi connectivity index (χ0v) is 14.3. The Labute approximate surface area is 141 Å². The summed E-state index contributed by atoms with van der Waals surface area (Å²) >= 11 is 0. The maximum atomic E-state index is 12.0. The third-order valence-corrected chi connectivity index (χ3v) is 3.24. The summed E-state index contributed by atoms with van der Waals surface area (Å²) < 4.78 is 0. The van der Waals surface area contributed by atoms with Gasteiger partial charge in [0.2, 0.25) is 0 Å². The lowest BCUT2D eigenvalue weighted by Gasteiger charge is -2.19. The molecule has 1 atom stereocenters. The number of benzene rings is 1. The second kappa shape index (κ2) is 7.44. The predicted octanol–water partition coefficient (Wildman–Crippen LogP) is 1.03. The lowest BCUT2D eigenvalue weighted by molar-refractivity contribution is -0.155. The SMILES string of the molecule is CC(C)(C)CNC(=O)c1ccc(C(=O)NCC(C)(O)C(=O)O)cc1. The molecule has 0 heterocycles. The first-order chi connectivity index (χ1) is 10.9. The van der Waals surface area contributed by atoms with E-state index in [-0.39, 0.29) is 16.9 Å². The summed E-state index contributed by atoms with van der Waals surface area (Å²) in [6.45, 7) is 7.22. The molecule has 132 valence electrons. The van der Waals surface area contributed by atoms with Crippen LogP contribution in [0.15, 0.2) is 24.3 Å². The summed E-state index contributed by atoms with van der Waals surface area (Å²) in [7, 11) is 0. The van der Waals surface area contributed by atoms with Crippen molar-refractivity contribution in [1.82, 2.24) is 10.6 Å². The average molecular weight is 336 g/mol. The number of hydrogen-bond donors (Lipinski definition) is 4. The molecule has 0 aliphatic carbocycles. The van der Waals surface area contributed by atoms with Gasteiger partial charge in [-0.1, -0.05) is 20.8 Å². The Kier molecular flexibility index (Phi) is 6.09. The maximum absolute atomic E-state index is 12.0. The van der Waals surface area contributed by atoms with Crippen LogP contribution < -0.4 is 10.6 Å². The van der Waals surface area contributed by atoms with Gasteiger partial charge in [0, 0.05) is 17.7 Å². The molecule has 0 aromatic heterocycles. The molecule has 1 aromatic rings. The molecular weight excluding hydrogens is 312 g/mol. The highest BCUT2D eigenvalue weighted by Gasteiger charge is 2.30. The van der Waals surface area contributed by atoms with E-state index in [1.165, 1.54) is 24.3 Å². The van der Waals surface area contributed by atoms with Gasteiger partial charge >= 0.3 is 5.97 Å². The number of aliphatic hydroxyl groups is 1. The van der Waals surface area contributed by atoms with E-state index in [9.17, 15) is 19.5 Å². The summed E-state index contributed by atoms with van der Waals surface area (Å²) in [6, 6.07) is 5.97. The summed E-state index contributed by atoms with van der Waals surface area (Å²) in [4.78, 5) is 34.7. The molecule has 4 N–H and O–H groups in total. The molecule has 0 fully saturated rings. The molecule has 7 heteroatoms. The number of aliphatic carboxylic acids is 1. The summed E-state index contributed by atoms with van der Waals surface area (Å²) in [5, 5.41) is 23.5. The van der Waals surface area contributed by atoms with Gasteiger partial charge in [0.1, 0.15) is 0 Å². The molecule has 2 amide bonds. The molecule has 24 heavy (non-hydrogen) atoms. The number of hydrogen-bond acceptors (Lipinski definition) is 4. The Hall–Kier alpha value is -2.41. The van der Waals surface area contributed by atoms with Crippen LogP contribution in [0.5, 0.6) is 0 Å². The number of carbonyl (C=O) groups is 3. The molecule has 0 bridgehead atoms. The van der Waals surface area contributed by atoms with E-state index in [1.807, 2.05) is 20.8 Å². The molecule has 1 aromatic carbocycles. The Bertz CT molecular complexity index is 615. The van der Waals surface area contributed by atoms with Crippen molar-refractivity contribution in [3.05, 3.63) is 35.4 Å². The normalized spacial score (nSPS) is 13.7. The fourth-order valence-electron chi connectivity index (χ4n) is 1.65. The maximum Gasteiger partial charge on any atom is 0.337 e. The van der Waals surface area contributed by atoms with Crippen LogP contribution in [-0.2, 0) is 4.79 Å². The molecule has 0 radical (unpaired) electrons. The van der Waals surface area contributed by atoms with E-state index in [4.69, 9.17) is 5.11 Å². The molecule has 0 saturated carbocycles. The molecule has 1 unspecified atom stereocenters. The Morgan fingerprint density at radius 2 is 1.25 bits per heavy atom. The van der Waals surface area contributed by atoms with E-state index in [0.717, 1.165) is 6.92 Å². The average Bonchev–Trinajstić information content (AvgIpc) is 2.49. The van der Waals surface area contributed by atoms with Gasteiger partial charge in [-0.05, 0) is 36.6 Å². The zero-order chi connectivity index (χ0) is 18.5. The first kappa shape index (κ1) is 19.6. The van der Waals surface area contributed by atoms with Crippen molar-refractivity contribution >= 4 is 17.8 Å². The molecule has 0 spiro atoms. The van der Waals surface area contributed by atoms with Gasteiger partial charge in [0.05, 0.1) is 6.54 Å². The van der Waals surface area contributed by atoms with Crippen LogP contribution in [0, 0.1) is 5.41 Å². The smallest absolute Gasteiger partial charge is 0.337 e. The van der Waals surface area contributed by atoms with Crippen LogP contribution in [-0.4, -0.2) is 46.7 Å². The lowest BCUT2D eigenvalue weighted by Crippen LogP contribution is -2.46. The first-order valence-corrected chi connectivity index (χ1v) is 7.55. The van der Waals surface area contributed by atoms with Crippen molar-refractivity contribution in [2.45, 2.75) is 33.3 Å². The second-order valence-corrected chi connectivity index (χ2v) is 7.08. The van der Waals surface area contributed by atoms with Crippen molar-refractivity contribution in [3.8, 4) is 0 Å². The monoisotopic (exact) mass is 336 g/mol. The fraction of sp³-hybridized carbons (Fsp3) is 0.471. The Morgan fingerprint density at radius 3 is 1.58 bits per heavy atom. The molecule has 1 rings (SSSR count). The molecule has 7 nitrogen and oxygen atoms in total. The van der Waals surface area contributed by atoms with Crippen molar-refractivity contribution in [1.29, 1.82) is 0 Å². The first-order valence-electron chi connectivity index (χ1n) is 7.55. The van der Waals surface area contributed by atoms with Gasteiger partial charge in [-0.2, -0.15) is 0 Å². The van der Waals surface area contributed by atoms with Crippen LogP contribution in [0.3, 0.4) is 0 Å². The van der Waals surface area contributed by atoms with Gasteiger partial charge in [-0.15, -0.1) is 0 Å². The number of rotatable bonds is 6. The summed E-state index contributed by atoms with van der Waals surface area (Å²) in [6.07, 6.45) is 0. The largest absolute Gasteiger partial charge is 0.479 e. The van der Waals surface area contributed by atoms with E-state index < -0.39 is 24.0 Å². The van der Waals surface area contributed by atoms with Crippen molar-refractivity contribution < 1.29 is 24.6 Å². The van der Waals surface area contributed by atoms with Crippen LogP contribution in [0.1, 0.15) is 48.4 Å². The van der Waals surface area contributed by atoms with Crippen LogP contribution in [0.2, 0.25) is 0 Å².